The van der Waals surface area contributed by atoms with Gasteiger partial charge in [0.2, 0.25) is 0 Å². The van der Waals surface area contributed by atoms with Crippen molar-refractivity contribution < 1.29 is 4.74 Å². The monoisotopic (exact) mass is 277 g/mol. The number of hydrogen-bond donors (Lipinski definition) is 1. The molecule has 0 aliphatic rings. The SMILES string of the molecule is CCCNCC(CCOCCC(C)C)c1ccccc1. The maximum Gasteiger partial charge on any atom is 0.0472 e. The molecule has 2 heteroatoms. The van der Waals surface area contributed by atoms with Crippen LogP contribution < -0.4 is 5.32 Å². The van der Waals surface area contributed by atoms with Gasteiger partial charge in [0, 0.05) is 19.8 Å². The summed E-state index contributed by atoms with van der Waals surface area (Å²) in [5.74, 6) is 1.29. The second-order valence-electron chi connectivity index (χ2n) is 5.90. The highest BCUT2D eigenvalue weighted by Crippen LogP contribution is 2.18. The van der Waals surface area contributed by atoms with Gasteiger partial charge in [-0.3, -0.25) is 0 Å². The van der Waals surface area contributed by atoms with Crippen LogP contribution in [-0.2, 0) is 4.74 Å². The summed E-state index contributed by atoms with van der Waals surface area (Å²) in [4.78, 5) is 0. The van der Waals surface area contributed by atoms with E-state index in [1.54, 1.807) is 0 Å². The molecule has 1 N–H and O–H groups in total. The summed E-state index contributed by atoms with van der Waals surface area (Å²) in [5.41, 5.74) is 1.42. The maximum absolute atomic E-state index is 5.77. The Morgan fingerprint density at radius 3 is 2.40 bits per heavy atom. The van der Waals surface area contributed by atoms with Crippen LogP contribution in [0.2, 0.25) is 0 Å². The lowest BCUT2D eigenvalue weighted by molar-refractivity contribution is 0.116. The molecule has 0 aromatic heterocycles. The van der Waals surface area contributed by atoms with Gasteiger partial charge in [-0.25, -0.2) is 0 Å². The molecule has 0 saturated carbocycles. The normalized spacial score (nSPS) is 12.8. The minimum atomic E-state index is 0.557. The first-order valence-corrected chi connectivity index (χ1v) is 8.07. The van der Waals surface area contributed by atoms with Gasteiger partial charge in [-0.1, -0.05) is 51.1 Å². The third-order valence-corrected chi connectivity index (χ3v) is 3.54. The lowest BCUT2D eigenvalue weighted by Gasteiger charge is -2.18. The molecule has 1 rings (SSSR count). The van der Waals surface area contributed by atoms with Crippen LogP contribution in [0.1, 0.15) is 51.5 Å². The molecule has 0 aliphatic heterocycles. The van der Waals surface area contributed by atoms with E-state index in [0.29, 0.717) is 5.92 Å². The lowest BCUT2D eigenvalue weighted by atomic mass is 9.96. The molecule has 0 fully saturated rings. The zero-order valence-corrected chi connectivity index (χ0v) is 13.4. The molecule has 0 heterocycles. The Hall–Kier alpha value is -0.860. The van der Waals surface area contributed by atoms with Gasteiger partial charge in [-0.2, -0.15) is 0 Å². The van der Waals surface area contributed by atoms with Gasteiger partial charge in [-0.15, -0.1) is 0 Å². The smallest absolute Gasteiger partial charge is 0.0472 e. The number of rotatable bonds is 11. The summed E-state index contributed by atoms with van der Waals surface area (Å²) >= 11 is 0. The number of hydrogen-bond acceptors (Lipinski definition) is 2. The van der Waals surface area contributed by atoms with Gasteiger partial charge in [-0.05, 0) is 43.2 Å². The van der Waals surface area contributed by atoms with Crippen LogP contribution in [0.15, 0.2) is 30.3 Å². The van der Waals surface area contributed by atoms with E-state index in [0.717, 1.165) is 45.1 Å². The van der Waals surface area contributed by atoms with Gasteiger partial charge in [0.1, 0.15) is 0 Å². The van der Waals surface area contributed by atoms with E-state index in [2.05, 4.69) is 56.4 Å². The largest absolute Gasteiger partial charge is 0.381 e. The van der Waals surface area contributed by atoms with Crippen LogP contribution >= 0.6 is 0 Å². The Morgan fingerprint density at radius 1 is 1.05 bits per heavy atom. The molecule has 20 heavy (non-hydrogen) atoms. The van der Waals surface area contributed by atoms with E-state index in [1.807, 2.05) is 0 Å². The summed E-state index contributed by atoms with van der Waals surface area (Å²) in [6.45, 7) is 10.6. The first-order valence-electron chi connectivity index (χ1n) is 8.07. The predicted octanol–water partition coefficient (Wildman–Crippen LogP) is 4.22. The Balaban J connectivity index is 2.35. The van der Waals surface area contributed by atoms with Gasteiger partial charge in [0.15, 0.2) is 0 Å². The standard InChI is InChI=1S/C18H31NO/c1-4-12-19-15-18(17-8-6-5-7-9-17)11-14-20-13-10-16(2)3/h5-9,16,18-19H,4,10-15H2,1-3H3. The number of nitrogens with one attached hydrogen (secondary N) is 1. The summed E-state index contributed by atoms with van der Waals surface area (Å²) in [5, 5.41) is 3.54. The Kier molecular flexibility index (Phi) is 9.35. The molecule has 1 atom stereocenters. The van der Waals surface area contributed by atoms with E-state index in [9.17, 15) is 0 Å². The first-order chi connectivity index (χ1) is 9.74. The van der Waals surface area contributed by atoms with Gasteiger partial charge < -0.3 is 10.1 Å². The van der Waals surface area contributed by atoms with E-state index >= 15 is 0 Å². The van der Waals surface area contributed by atoms with Crippen LogP contribution in [-0.4, -0.2) is 26.3 Å². The second-order valence-corrected chi connectivity index (χ2v) is 5.90. The highest BCUT2D eigenvalue weighted by Gasteiger charge is 2.10. The molecule has 0 saturated heterocycles. The highest BCUT2D eigenvalue weighted by molar-refractivity contribution is 5.19. The molecule has 1 aromatic rings. The number of benzene rings is 1. The van der Waals surface area contributed by atoms with Crippen LogP contribution in [0.4, 0.5) is 0 Å². The fraction of sp³-hybridized carbons (Fsp3) is 0.667. The summed E-state index contributed by atoms with van der Waals surface area (Å²) < 4.78 is 5.77. The molecule has 1 unspecified atom stereocenters. The van der Waals surface area contributed by atoms with Crippen molar-refractivity contribution in [2.45, 2.75) is 46.0 Å². The summed E-state index contributed by atoms with van der Waals surface area (Å²) in [7, 11) is 0. The zero-order valence-electron chi connectivity index (χ0n) is 13.4. The van der Waals surface area contributed by atoms with Crippen molar-refractivity contribution in [2.75, 3.05) is 26.3 Å². The van der Waals surface area contributed by atoms with Crippen LogP contribution in [0, 0.1) is 5.92 Å². The fourth-order valence-corrected chi connectivity index (χ4v) is 2.21. The lowest BCUT2D eigenvalue weighted by Crippen LogP contribution is -2.23. The average Bonchev–Trinajstić information content (AvgIpc) is 2.46. The van der Waals surface area contributed by atoms with Crippen LogP contribution in [0.5, 0.6) is 0 Å². The maximum atomic E-state index is 5.77. The molecular formula is C18H31NO. The van der Waals surface area contributed by atoms with E-state index in [-0.39, 0.29) is 0 Å². The van der Waals surface area contributed by atoms with Gasteiger partial charge in [0.25, 0.3) is 0 Å². The van der Waals surface area contributed by atoms with E-state index in [4.69, 9.17) is 4.74 Å². The Bertz CT molecular complexity index is 323. The second kappa shape index (κ2) is 10.9. The van der Waals surface area contributed by atoms with Crippen molar-refractivity contribution in [3.8, 4) is 0 Å². The molecule has 2 nitrogen and oxygen atoms in total. The van der Waals surface area contributed by atoms with Crippen molar-refractivity contribution in [2.24, 2.45) is 5.92 Å². The molecule has 1 aromatic carbocycles. The molecule has 114 valence electrons. The topological polar surface area (TPSA) is 21.3 Å². The van der Waals surface area contributed by atoms with Crippen molar-refractivity contribution in [1.82, 2.24) is 5.32 Å². The van der Waals surface area contributed by atoms with Crippen LogP contribution in [0.3, 0.4) is 0 Å². The molecule has 0 spiro atoms. The van der Waals surface area contributed by atoms with Crippen molar-refractivity contribution in [3.05, 3.63) is 35.9 Å². The van der Waals surface area contributed by atoms with Gasteiger partial charge in [0.05, 0.1) is 0 Å². The predicted molar refractivity (Wildman–Crippen MR) is 87.2 cm³/mol. The van der Waals surface area contributed by atoms with Crippen LogP contribution in [0.25, 0.3) is 0 Å². The molecule has 0 bridgehead atoms. The highest BCUT2D eigenvalue weighted by atomic mass is 16.5. The molecule has 0 amide bonds. The van der Waals surface area contributed by atoms with Crippen molar-refractivity contribution >= 4 is 0 Å². The summed E-state index contributed by atoms with van der Waals surface area (Å²) in [6, 6.07) is 10.8. The molecular weight excluding hydrogens is 246 g/mol. The van der Waals surface area contributed by atoms with E-state index < -0.39 is 0 Å². The zero-order chi connectivity index (χ0) is 14.6. The number of ether oxygens (including phenoxy) is 1. The quantitative estimate of drug-likeness (QED) is 0.611. The minimum Gasteiger partial charge on any atom is -0.381 e. The average molecular weight is 277 g/mol. The minimum absolute atomic E-state index is 0.557. The molecule has 0 aliphatic carbocycles. The fourth-order valence-electron chi connectivity index (χ4n) is 2.21. The van der Waals surface area contributed by atoms with Gasteiger partial charge >= 0.3 is 0 Å². The Morgan fingerprint density at radius 2 is 1.75 bits per heavy atom. The van der Waals surface area contributed by atoms with Crippen molar-refractivity contribution in [1.29, 1.82) is 0 Å². The first kappa shape index (κ1) is 17.2. The van der Waals surface area contributed by atoms with Crippen molar-refractivity contribution in [3.63, 3.8) is 0 Å². The third-order valence-electron chi connectivity index (χ3n) is 3.54. The third kappa shape index (κ3) is 7.66. The van der Waals surface area contributed by atoms with E-state index in [1.165, 1.54) is 12.0 Å². The molecule has 0 radical (unpaired) electrons. The summed E-state index contributed by atoms with van der Waals surface area (Å²) in [6.07, 6.45) is 3.44. The Labute approximate surface area is 124 Å².